The molecule has 0 bridgehead atoms. The van der Waals surface area contributed by atoms with Crippen molar-refractivity contribution in [3.63, 3.8) is 0 Å². The third kappa shape index (κ3) is 2.72. The summed E-state index contributed by atoms with van der Waals surface area (Å²) < 4.78 is 11.3. The molecule has 0 saturated carbocycles. The normalized spacial score (nSPS) is 20.0. The molecule has 0 aromatic carbocycles. The average Bonchev–Trinajstić information content (AvgIpc) is 2.81. The molecule has 0 unspecified atom stereocenters. The van der Waals surface area contributed by atoms with Crippen molar-refractivity contribution in [2.75, 3.05) is 45.3 Å². The molecule has 6 nitrogen and oxygen atoms in total. The van der Waals surface area contributed by atoms with Gasteiger partial charge in [-0.2, -0.15) is 4.98 Å². The van der Waals surface area contributed by atoms with Crippen LogP contribution >= 0.6 is 11.6 Å². The maximum absolute atomic E-state index is 5.88. The van der Waals surface area contributed by atoms with E-state index in [4.69, 9.17) is 20.8 Å². The summed E-state index contributed by atoms with van der Waals surface area (Å²) in [6, 6.07) is 4.31. The van der Waals surface area contributed by atoms with Gasteiger partial charge < -0.3 is 19.0 Å². The Kier molecular flexibility index (Phi) is 3.78. The van der Waals surface area contributed by atoms with Gasteiger partial charge in [0.2, 0.25) is 5.65 Å². The summed E-state index contributed by atoms with van der Waals surface area (Å²) in [6.07, 6.45) is 0. The van der Waals surface area contributed by atoms with Crippen molar-refractivity contribution in [1.82, 2.24) is 14.9 Å². The molecule has 3 rings (SSSR count). The number of oxazole rings is 1. The van der Waals surface area contributed by atoms with Crippen molar-refractivity contribution in [1.29, 1.82) is 0 Å². The van der Waals surface area contributed by atoms with Crippen LogP contribution in [0.15, 0.2) is 16.5 Å². The Hall–Kier alpha value is -1.37. The fourth-order valence-corrected chi connectivity index (χ4v) is 2.53. The van der Waals surface area contributed by atoms with Crippen molar-refractivity contribution in [2.24, 2.45) is 0 Å². The molecular formula is C13H17ClN4O2. The highest BCUT2D eigenvalue weighted by atomic mass is 35.5. The quantitative estimate of drug-likeness (QED) is 0.803. The van der Waals surface area contributed by atoms with Crippen molar-refractivity contribution in [3.8, 4) is 0 Å². The third-order valence-electron chi connectivity index (χ3n) is 3.26. The van der Waals surface area contributed by atoms with Gasteiger partial charge in [-0.25, -0.2) is 4.98 Å². The SMILES string of the molecule is CN(C)C[C@@H]1COCCN1c1nc2nc(Cl)ccc2o1. The van der Waals surface area contributed by atoms with Crippen LogP contribution in [0.5, 0.6) is 0 Å². The highest BCUT2D eigenvalue weighted by molar-refractivity contribution is 6.29. The van der Waals surface area contributed by atoms with Crippen LogP contribution in [-0.4, -0.2) is 61.3 Å². The first-order chi connectivity index (χ1) is 9.63. The molecule has 0 spiro atoms. The fourth-order valence-electron chi connectivity index (χ4n) is 2.39. The predicted octanol–water partition coefficient (Wildman–Crippen LogP) is 1.64. The molecular weight excluding hydrogens is 280 g/mol. The number of ether oxygens (including phenoxy) is 1. The monoisotopic (exact) mass is 296 g/mol. The highest BCUT2D eigenvalue weighted by Gasteiger charge is 2.27. The molecule has 0 radical (unpaired) electrons. The van der Waals surface area contributed by atoms with E-state index in [2.05, 4.69) is 19.8 Å². The summed E-state index contributed by atoms with van der Waals surface area (Å²) in [6.45, 7) is 2.99. The Morgan fingerprint density at radius 1 is 1.40 bits per heavy atom. The van der Waals surface area contributed by atoms with E-state index in [1.165, 1.54) is 0 Å². The van der Waals surface area contributed by atoms with Gasteiger partial charge in [0, 0.05) is 13.1 Å². The predicted molar refractivity (Wildman–Crippen MR) is 77.3 cm³/mol. The molecule has 108 valence electrons. The van der Waals surface area contributed by atoms with Crippen LogP contribution in [0.1, 0.15) is 0 Å². The van der Waals surface area contributed by atoms with Crippen LogP contribution in [-0.2, 0) is 4.74 Å². The molecule has 1 atom stereocenters. The molecule has 2 aromatic heterocycles. The van der Waals surface area contributed by atoms with Gasteiger partial charge in [0.25, 0.3) is 6.01 Å². The minimum Gasteiger partial charge on any atom is -0.422 e. The molecule has 1 saturated heterocycles. The zero-order valence-corrected chi connectivity index (χ0v) is 12.3. The summed E-state index contributed by atoms with van der Waals surface area (Å²) in [5.41, 5.74) is 1.20. The number of fused-ring (bicyclic) bond motifs is 1. The molecule has 0 aliphatic carbocycles. The van der Waals surface area contributed by atoms with Gasteiger partial charge in [-0.3, -0.25) is 0 Å². The van der Waals surface area contributed by atoms with Crippen LogP contribution < -0.4 is 4.90 Å². The lowest BCUT2D eigenvalue weighted by Crippen LogP contribution is -2.50. The van der Waals surface area contributed by atoms with Gasteiger partial charge in [-0.15, -0.1) is 0 Å². The van der Waals surface area contributed by atoms with Crippen LogP contribution in [0, 0.1) is 0 Å². The molecule has 0 amide bonds. The average molecular weight is 297 g/mol. The number of aromatic nitrogens is 2. The zero-order valence-electron chi connectivity index (χ0n) is 11.5. The number of hydrogen-bond donors (Lipinski definition) is 0. The fraction of sp³-hybridized carbons (Fsp3) is 0.538. The molecule has 0 N–H and O–H groups in total. The lowest BCUT2D eigenvalue weighted by Gasteiger charge is -2.35. The Bertz CT molecular complexity index is 601. The number of anilines is 1. The smallest absolute Gasteiger partial charge is 0.300 e. The second kappa shape index (κ2) is 5.55. The summed E-state index contributed by atoms with van der Waals surface area (Å²) in [4.78, 5) is 12.9. The second-order valence-electron chi connectivity index (χ2n) is 5.14. The van der Waals surface area contributed by atoms with Gasteiger partial charge in [-0.05, 0) is 26.2 Å². The Morgan fingerprint density at radius 3 is 3.05 bits per heavy atom. The van der Waals surface area contributed by atoms with Gasteiger partial charge in [-0.1, -0.05) is 11.6 Å². The van der Waals surface area contributed by atoms with E-state index in [9.17, 15) is 0 Å². The number of morpholine rings is 1. The van der Waals surface area contributed by atoms with Crippen molar-refractivity contribution < 1.29 is 9.15 Å². The van der Waals surface area contributed by atoms with E-state index in [1.54, 1.807) is 12.1 Å². The number of halogens is 1. The van der Waals surface area contributed by atoms with Crippen LogP contribution in [0.2, 0.25) is 5.15 Å². The number of pyridine rings is 1. The maximum Gasteiger partial charge on any atom is 0.300 e. The standard InChI is InChI=1S/C13H17ClN4O2/c1-17(2)7-9-8-19-6-5-18(9)13-16-12-10(20-13)3-4-11(14)15-12/h3-4,9H,5-8H2,1-2H3/t9-/m1/s1. The van der Waals surface area contributed by atoms with E-state index < -0.39 is 0 Å². The maximum atomic E-state index is 5.88. The van der Waals surface area contributed by atoms with Gasteiger partial charge in [0.15, 0.2) is 5.58 Å². The first kappa shape index (κ1) is 13.6. The first-order valence-electron chi connectivity index (χ1n) is 6.55. The van der Waals surface area contributed by atoms with Crippen LogP contribution in [0.3, 0.4) is 0 Å². The Labute approximate surface area is 122 Å². The van der Waals surface area contributed by atoms with Gasteiger partial charge in [0.1, 0.15) is 5.15 Å². The largest absolute Gasteiger partial charge is 0.422 e. The molecule has 7 heteroatoms. The second-order valence-corrected chi connectivity index (χ2v) is 5.52. The molecule has 1 fully saturated rings. The summed E-state index contributed by atoms with van der Waals surface area (Å²) in [5, 5.41) is 0.421. The minimum atomic E-state index is 0.224. The van der Waals surface area contributed by atoms with E-state index >= 15 is 0 Å². The van der Waals surface area contributed by atoms with E-state index in [-0.39, 0.29) is 6.04 Å². The highest BCUT2D eigenvalue weighted by Crippen LogP contribution is 2.24. The van der Waals surface area contributed by atoms with Crippen molar-refractivity contribution in [2.45, 2.75) is 6.04 Å². The molecule has 1 aliphatic heterocycles. The number of likely N-dealkylation sites (N-methyl/N-ethyl adjacent to an activating group) is 1. The first-order valence-corrected chi connectivity index (χ1v) is 6.93. The summed E-state index contributed by atoms with van der Waals surface area (Å²) in [7, 11) is 4.08. The van der Waals surface area contributed by atoms with Crippen LogP contribution in [0.25, 0.3) is 11.2 Å². The Morgan fingerprint density at radius 2 is 2.25 bits per heavy atom. The molecule has 3 heterocycles. The molecule has 20 heavy (non-hydrogen) atoms. The van der Waals surface area contributed by atoms with Crippen LogP contribution in [0.4, 0.5) is 6.01 Å². The van der Waals surface area contributed by atoms with Crippen molar-refractivity contribution in [3.05, 3.63) is 17.3 Å². The van der Waals surface area contributed by atoms with E-state index in [1.807, 2.05) is 14.1 Å². The Balaban J connectivity index is 1.90. The number of rotatable bonds is 3. The van der Waals surface area contributed by atoms with E-state index in [0.29, 0.717) is 35.6 Å². The summed E-state index contributed by atoms with van der Waals surface area (Å²) >= 11 is 5.88. The third-order valence-corrected chi connectivity index (χ3v) is 3.47. The number of hydrogen-bond acceptors (Lipinski definition) is 6. The van der Waals surface area contributed by atoms with Gasteiger partial charge in [0.05, 0.1) is 19.3 Å². The molecule has 1 aliphatic rings. The van der Waals surface area contributed by atoms with Crippen molar-refractivity contribution >= 4 is 28.8 Å². The molecule has 2 aromatic rings. The lowest BCUT2D eigenvalue weighted by molar-refractivity contribution is 0.0828. The lowest BCUT2D eigenvalue weighted by atomic mass is 10.2. The van der Waals surface area contributed by atoms with Gasteiger partial charge >= 0.3 is 0 Å². The topological polar surface area (TPSA) is 54.6 Å². The number of nitrogens with zero attached hydrogens (tertiary/aromatic N) is 4. The van der Waals surface area contributed by atoms with E-state index in [0.717, 1.165) is 13.1 Å². The zero-order chi connectivity index (χ0) is 14.1. The summed E-state index contributed by atoms with van der Waals surface area (Å²) in [5.74, 6) is 0. The minimum absolute atomic E-state index is 0.224.